The van der Waals surface area contributed by atoms with E-state index in [-0.39, 0.29) is 75.1 Å². The summed E-state index contributed by atoms with van der Waals surface area (Å²) in [5.74, 6) is 2.63. The summed E-state index contributed by atoms with van der Waals surface area (Å²) < 4.78 is 144. The summed E-state index contributed by atoms with van der Waals surface area (Å²) in [5.41, 5.74) is -0.218. The molecule has 0 bridgehead atoms. The van der Waals surface area contributed by atoms with Gasteiger partial charge in [0.05, 0.1) is 146 Å². The lowest BCUT2D eigenvalue weighted by Gasteiger charge is -2.47. The van der Waals surface area contributed by atoms with E-state index in [9.17, 15) is 64.9 Å². The first-order valence-electron chi connectivity index (χ1n) is 49.2. The maximum atomic E-state index is 15.1. The fourth-order valence-corrected chi connectivity index (χ4v) is 24.1. The lowest BCUT2D eigenvalue weighted by Crippen LogP contribution is -2.55. The topological polar surface area (TPSA) is 465 Å². The van der Waals surface area contributed by atoms with Crippen LogP contribution in [-0.2, 0) is 93.5 Å². The van der Waals surface area contributed by atoms with Gasteiger partial charge in [-0.1, -0.05) is 0 Å². The molecule has 0 radical (unpaired) electrons. The molecular formula is C105H120N12O26P2. The molecule has 0 spiro atoms. The second-order valence-corrected chi connectivity index (χ2v) is 44.3. The zero-order valence-corrected chi connectivity index (χ0v) is 85.1. The highest BCUT2D eigenvalue weighted by Gasteiger charge is 2.58. The number of fused-ring (bicyclic) bond motifs is 6. The van der Waals surface area contributed by atoms with Gasteiger partial charge < -0.3 is 86.2 Å². The van der Waals surface area contributed by atoms with Gasteiger partial charge in [-0.2, -0.15) is 31.6 Å². The van der Waals surface area contributed by atoms with E-state index in [4.69, 9.17) is 84.0 Å². The van der Waals surface area contributed by atoms with Crippen molar-refractivity contribution >= 4 is 51.1 Å². The first-order valence-corrected chi connectivity index (χ1v) is 52.1. The molecule has 6 amide bonds. The molecule has 38 nitrogen and oxygen atoms in total. The van der Waals surface area contributed by atoms with E-state index in [2.05, 4.69) is 36.4 Å². The number of amides is 6. The minimum Gasteiger partial charge on any atom is -0.485 e. The number of phosphoric acid groups is 2. The van der Waals surface area contributed by atoms with Gasteiger partial charge in [-0.25, -0.2) is 9.13 Å². The predicted octanol–water partition coefficient (Wildman–Crippen LogP) is 14.9. The molecular weight excluding hydrogens is 1910 g/mol. The molecule has 12 aliphatic heterocycles. The number of nitrogens with zero attached hydrogens (tertiary/aromatic N) is 12. The van der Waals surface area contributed by atoms with Gasteiger partial charge in [0.25, 0.3) is 0 Å². The van der Waals surface area contributed by atoms with E-state index in [0.29, 0.717) is 218 Å². The average Bonchev–Trinajstić information content (AvgIpc) is 1.76. The van der Waals surface area contributed by atoms with Crippen molar-refractivity contribution in [3.63, 3.8) is 0 Å². The molecule has 6 saturated heterocycles. The number of carbonyl (C=O) groups is 6. The maximum absolute atomic E-state index is 15.1. The molecule has 6 aromatic carbocycles. The minimum absolute atomic E-state index is 0.0445. The van der Waals surface area contributed by atoms with Crippen LogP contribution >= 0.6 is 15.6 Å². The summed E-state index contributed by atoms with van der Waals surface area (Å²) in [7, 11) is -9.31. The SMILES string of the molecule is CC1(C)Oc2ccc(C#N)cc2C(N2CCCC2=O)C1OCCOP(=O)(OCCOC1C(N2CCCC2=O)c2cc(C#N)ccc2OC1(C)C)OCCOC1C(N2CCCC2=O)c2cc(C#N)ccc2OC1(C)C.CC1(C)Oc2ccc(C#N)cc2C(N2CCCC2=O)C1OCOP(=O)(OCOC1C(N2CCCC2=O)c2cc(C#N)ccc2OC1(C)C)OCOC1C(N2CCCC2=O)c2cc(C#N)ccc2OC1(C)C. The third-order valence-corrected chi connectivity index (χ3v) is 31.5. The largest absolute Gasteiger partial charge is 0.485 e. The Labute approximate surface area is 842 Å². The van der Waals surface area contributed by atoms with Crippen LogP contribution in [0.1, 0.15) is 263 Å². The highest BCUT2D eigenvalue weighted by atomic mass is 31.2. The standard InChI is InChI=1S/C54H63N6O13P.C51H57N6O13P/c1-52(2)49(46(58-19-7-10-43(58)61)37-28-34(31-55)13-16-40(37)71-52)65-22-25-68-74(64,69-26-23-66-50-47(59-20-8-11-44(59)62)38-29-35(32-56)14-17-41(38)72-53(50,3)4)70-27-24-67-51-48(60-21-9-12-45(60)63)39-30-36(33-57)15-18-42(39)73-54(51,5)6;1-49(2)46(43(55-19-7-10-40(55)58)34-22-31(25-52)13-16-37(34)68-49)62-28-65-71(61,66-29-63-47-44(56-20-8-11-41(56)59)35-23-32(26-53)14-17-38(35)69-50(47,3)4)67-30-64-48-45(57-21-9-12-42(57)60)36-24-33(27-54)15-18-39(36)70-51(48,5)6/h13-18,28-30,46-51H,7-12,19-27H2,1-6H3;13-18,22-24,43-48H,7-12,19-21,28-30H2,1-6H3. The molecule has 40 heteroatoms. The number of rotatable bonds is 33. The number of carbonyl (C=O) groups excluding carboxylic acids is 6. The Balaban J connectivity index is 0.000000199. The smallest absolute Gasteiger partial charge is 0.481 e. The summed E-state index contributed by atoms with van der Waals surface area (Å²) in [4.78, 5) is 90.5. The lowest BCUT2D eigenvalue weighted by molar-refractivity contribution is -0.186. The first-order chi connectivity index (χ1) is 69.2. The Morgan fingerprint density at radius 3 is 0.586 bits per heavy atom. The number of ether oxygens (including phenoxy) is 12. The second kappa shape index (κ2) is 42.4. The van der Waals surface area contributed by atoms with Crippen LogP contribution in [0.2, 0.25) is 0 Å². The predicted molar refractivity (Wildman–Crippen MR) is 512 cm³/mol. The van der Waals surface area contributed by atoms with Crippen molar-refractivity contribution in [2.24, 2.45) is 0 Å². The lowest BCUT2D eigenvalue weighted by atomic mass is 9.84. The molecule has 6 fully saturated rings. The van der Waals surface area contributed by atoms with Crippen LogP contribution in [0.15, 0.2) is 109 Å². The highest BCUT2D eigenvalue weighted by molar-refractivity contribution is 7.48. The second-order valence-electron chi connectivity index (χ2n) is 41.0. The van der Waals surface area contributed by atoms with E-state index in [1.165, 1.54) is 0 Å². The number of hydrogen-bond donors (Lipinski definition) is 0. The van der Waals surface area contributed by atoms with Crippen molar-refractivity contribution in [3.05, 3.63) is 176 Å². The molecule has 6 aromatic rings. The van der Waals surface area contributed by atoms with Crippen LogP contribution < -0.4 is 28.4 Å². The molecule has 12 atom stereocenters. The van der Waals surface area contributed by atoms with Gasteiger partial charge >= 0.3 is 15.6 Å². The van der Waals surface area contributed by atoms with Crippen molar-refractivity contribution in [3.8, 4) is 70.9 Å². The summed E-state index contributed by atoms with van der Waals surface area (Å²) >= 11 is 0. The van der Waals surface area contributed by atoms with Crippen molar-refractivity contribution in [2.75, 3.05) is 99.3 Å². The number of nitriles is 6. The van der Waals surface area contributed by atoms with Gasteiger partial charge in [-0.15, -0.1) is 0 Å². The Kier molecular flexibility index (Phi) is 30.5. The quantitative estimate of drug-likeness (QED) is 0.0210. The van der Waals surface area contributed by atoms with Gasteiger partial charge in [0.15, 0.2) is 20.4 Å². The molecule has 0 N–H and O–H groups in total. The van der Waals surface area contributed by atoms with Crippen LogP contribution in [0.3, 0.4) is 0 Å². The number of phosphoric ester groups is 2. The third kappa shape index (κ3) is 21.6. The molecule has 766 valence electrons. The Bertz CT molecular complexity index is 5780. The Morgan fingerprint density at radius 1 is 0.262 bits per heavy atom. The monoisotopic (exact) mass is 2030 g/mol. The van der Waals surface area contributed by atoms with Crippen LogP contribution in [0, 0.1) is 68.0 Å². The van der Waals surface area contributed by atoms with Crippen LogP contribution in [0.4, 0.5) is 0 Å². The summed E-state index contributed by atoms with van der Waals surface area (Å²) in [6, 6.07) is 39.4. The first kappa shape index (κ1) is 104. The molecule has 0 aliphatic carbocycles. The fraction of sp³-hybridized carbons (Fsp3) is 0.543. The molecule has 12 unspecified atom stereocenters. The van der Waals surface area contributed by atoms with E-state index < -0.39 is 143 Å². The summed E-state index contributed by atoms with van der Waals surface area (Å²) in [5, 5.41) is 58.8. The fourth-order valence-electron chi connectivity index (χ4n) is 22.2. The zero-order chi connectivity index (χ0) is 103. The number of likely N-dealkylation sites (tertiary alicyclic amines) is 6. The Morgan fingerprint density at radius 2 is 0.428 bits per heavy atom. The van der Waals surface area contributed by atoms with E-state index in [1.54, 1.807) is 180 Å². The normalized spacial score (nSPS) is 26.4. The van der Waals surface area contributed by atoms with E-state index in [1.807, 2.05) is 41.5 Å². The zero-order valence-electron chi connectivity index (χ0n) is 83.3. The Hall–Kier alpha value is -12.1. The van der Waals surface area contributed by atoms with E-state index >= 15 is 4.57 Å². The highest BCUT2D eigenvalue weighted by Crippen LogP contribution is 2.58. The molecule has 0 saturated carbocycles. The molecule has 12 heterocycles. The summed E-state index contributed by atoms with van der Waals surface area (Å²) in [6.07, 6.45) is 0.947. The van der Waals surface area contributed by atoms with Crippen LogP contribution in [-0.4, -0.2) is 234 Å². The van der Waals surface area contributed by atoms with E-state index in [0.717, 1.165) is 0 Å². The maximum Gasteiger partial charge on any atom is 0.481 e. The van der Waals surface area contributed by atoms with Gasteiger partial charge in [-0.05, 0) is 231 Å². The van der Waals surface area contributed by atoms with Gasteiger partial charge in [0, 0.05) is 111 Å². The minimum atomic E-state index is -4.82. The average molecular weight is 2030 g/mol. The third-order valence-electron chi connectivity index (χ3n) is 28.8. The molecule has 18 rings (SSSR count). The van der Waals surface area contributed by atoms with Gasteiger partial charge in [0.1, 0.15) is 105 Å². The molecule has 0 aromatic heterocycles. The number of benzene rings is 6. The van der Waals surface area contributed by atoms with Crippen LogP contribution in [0.5, 0.6) is 34.5 Å². The van der Waals surface area contributed by atoms with Crippen molar-refractivity contribution < 1.29 is 122 Å². The van der Waals surface area contributed by atoms with Crippen molar-refractivity contribution in [1.82, 2.24) is 29.4 Å². The van der Waals surface area contributed by atoms with Crippen LogP contribution in [0.25, 0.3) is 0 Å². The van der Waals surface area contributed by atoms with Gasteiger partial charge in [-0.3, -0.25) is 55.9 Å². The number of hydrogen-bond acceptors (Lipinski definition) is 32. The van der Waals surface area contributed by atoms with Gasteiger partial charge in [0.2, 0.25) is 35.4 Å². The van der Waals surface area contributed by atoms with Crippen molar-refractivity contribution in [1.29, 1.82) is 31.6 Å². The summed E-state index contributed by atoms with van der Waals surface area (Å²) in [6.45, 7) is 21.2. The molecule has 12 aliphatic rings. The van der Waals surface area contributed by atoms with Crippen molar-refractivity contribution in [2.45, 2.75) is 267 Å². The molecule has 145 heavy (non-hydrogen) atoms.